The lowest BCUT2D eigenvalue weighted by Gasteiger charge is -2.19. The molecular weight excluding hydrogens is 378 g/mol. The summed E-state index contributed by atoms with van der Waals surface area (Å²) in [5.74, 6) is -0.790. The number of esters is 1. The second-order valence-electron chi connectivity index (χ2n) is 9.22. The van der Waals surface area contributed by atoms with Gasteiger partial charge in [0, 0.05) is 0 Å². The fourth-order valence-electron chi connectivity index (χ4n) is 4.38. The van der Waals surface area contributed by atoms with Crippen LogP contribution in [0.5, 0.6) is 5.75 Å². The van der Waals surface area contributed by atoms with Crippen molar-refractivity contribution in [3.8, 4) is 5.75 Å². The summed E-state index contributed by atoms with van der Waals surface area (Å²) in [5.41, 5.74) is 1.92. The third kappa shape index (κ3) is 3.76. The van der Waals surface area contributed by atoms with E-state index in [2.05, 4.69) is 20.8 Å². The first-order valence-electron chi connectivity index (χ1n) is 10.6. The monoisotopic (exact) mass is 405 g/mol. The summed E-state index contributed by atoms with van der Waals surface area (Å²) in [5, 5.41) is 0. The summed E-state index contributed by atoms with van der Waals surface area (Å²) in [6, 6.07) is 14.0. The van der Waals surface area contributed by atoms with Crippen LogP contribution in [0.3, 0.4) is 0 Å². The van der Waals surface area contributed by atoms with E-state index < -0.39 is 5.97 Å². The maximum atomic E-state index is 12.8. The van der Waals surface area contributed by atoms with Gasteiger partial charge in [-0.1, -0.05) is 51.8 Å². The molecule has 2 aliphatic rings. The minimum absolute atomic E-state index is 0.0167. The normalized spacial score (nSPS) is 21.5. The number of hydrogen-bond donors (Lipinski definition) is 0. The summed E-state index contributed by atoms with van der Waals surface area (Å²) in [6.07, 6.45) is 3.48. The van der Waals surface area contributed by atoms with Gasteiger partial charge in [0.25, 0.3) is 0 Å². The Balaban J connectivity index is 1.52. The van der Waals surface area contributed by atoms with Crippen molar-refractivity contribution in [2.24, 2.45) is 11.8 Å². The quantitative estimate of drug-likeness (QED) is 0.415. The second kappa shape index (κ2) is 7.71. The van der Waals surface area contributed by atoms with E-state index in [9.17, 15) is 14.4 Å². The molecule has 30 heavy (non-hydrogen) atoms. The SMILES string of the molecule is CC(C)(C)c1ccc(OC(=O)c2cccc(N3C(=O)[C@H]4CCCC[C@@H]4C3=O)c2)cc1. The molecule has 1 saturated carbocycles. The second-order valence-corrected chi connectivity index (χ2v) is 9.22. The largest absolute Gasteiger partial charge is 0.423 e. The highest BCUT2D eigenvalue weighted by atomic mass is 16.5. The molecule has 5 heteroatoms. The summed E-state index contributed by atoms with van der Waals surface area (Å²) in [6.45, 7) is 6.36. The van der Waals surface area contributed by atoms with E-state index in [0.29, 0.717) is 17.0 Å². The predicted octanol–water partition coefficient (Wildman–Crippen LogP) is 4.88. The molecule has 2 atom stereocenters. The summed E-state index contributed by atoms with van der Waals surface area (Å²) in [7, 11) is 0. The highest BCUT2D eigenvalue weighted by Crippen LogP contribution is 2.40. The number of rotatable bonds is 3. The molecule has 0 unspecified atom stereocenters. The fraction of sp³-hybridized carbons (Fsp3) is 0.400. The zero-order chi connectivity index (χ0) is 21.5. The lowest BCUT2D eigenvalue weighted by Crippen LogP contribution is -2.31. The first-order chi connectivity index (χ1) is 14.3. The standard InChI is InChI=1S/C25H27NO4/c1-25(2,3)17-11-13-19(14-12-17)30-24(29)16-7-6-8-18(15-16)26-22(27)20-9-4-5-10-21(20)23(26)28/h6-8,11-15,20-21H,4-5,9-10H2,1-3H3/t20-,21-/m0/s1. The third-order valence-electron chi connectivity index (χ3n) is 6.11. The molecule has 5 nitrogen and oxygen atoms in total. The van der Waals surface area contributed by atoms with Crippen molar-refractivity contribution < 1.29 is 19.1 Å². The number of carbonyl (C=O) groups is 3. The van der Waals surface area contributed by atoms with Gasteiger partial charge in [-0.05, 0) is 54.2 Å². The van der Waals surface area contributed by atoms with Crippen LogP contribution in [-0.2, 0) is 15.0 Å². The first-order valence-corrected chi connectivity index (χ1v) is 10.6. The molecule has 0 aromatic heterocycles. The lowest BCUT2D eigenvalue weighted by molar-refractivity contribution is -0.122. The van der Waals surface area contributed by atoms with Gasteiger partial charge >= 0.3 is 5.97 Å². The van der Waals surface area contributed by atoms with Crippen LogP contribution in [0.4, 0.5) is 5.69 Å². The number of amides is 2. The molecule has 0 N–H and O–H groups in total. The molecule has 2 amide bonds. The zero-order valence-corrected chi connectivity index (χ0v) is 17.7. The van der Waals surface area contributed by atoms with Crippen molar-refractivity contribution in [3.63, 3.8) is 0 Å². The number of benzene rings is 2. The number of fused-ring (bicyclic) bond motifs is 1. The van der Waals surface area contributed by atoms with Gasteiger partial charge in [0.15, 0.2) is 0 Å². The molecule has 0 bridgehead atoms. The summed E-state index contributed by atoms with van der Waals surface area (Å²) >= 11 is 0. The molecule has 0 spiro atoms. The van der Waals surface area contributed by atoms with E-state index in [0.717, 1.165) is 31.2 Å². The van der Waals surface area contributed by atoms with Gasteiger partial charge in [0.05, 0.1) is 23.1 Å². The van der Waals surface area contributed by atoms with Crippen molar-refractivity contribution in [2.75, 3.05) is 4.90 Å². The molecule has 156 valence electrons. The van der Waals surface area contributed by atoms with Gasteiger partial charge < -0.3 is 4.74 Å². The van der Waals surface area contributed by atoms with Crippen molar-refractivity contribution >= 4 is 23.5 Å². The predicted molar refractivity (Wildman–Crippen MR) is 114 cm³/mol. The Morgan fingerprint density at radius 3 is 2.10 bits per heavy atom. The van der Waals surface area contributed by atoms with Crippen molar-refractivity contribution in [3.05, 3.63) is 59.7 Å². The molecule has 4 rings (SSSR count). The average molecular weight is 405 g/mol. The van der Waals surface area contributed by atoms with E-state index in [4.69, 9.17) is 4.74 Å². The Labute approximate surface area is 177 Å². The highest BCUT2D eigenvalue weighted by Gasteiger charge is 2.48. The maximum Gasteiger partial charge on any atom is 0.343 e. The molecule has 1 aliphatic heterocycles. The Hall–Kier alpha value is -2.95. The minimum atomic E-state index is -0.517. The molecule has 2 aromatic rings. The van der Waals surface area contributed by atoms with Crippen LogP contribution < -0.4 is 9.64 Å². The minimum Gasteiger partial charge on any atom is -0.423 e. The molecule has 1 aliphatic carbocycles. The Bertz CT molecular complexity index is 963. The Kier molecular flexibility index (Phi) is 5.22. The van der Waals surface area contributed by atoms with Crippen LogP contribution in [0, 0.1) is 11.8 Å². The van der Waals surface area contributed by atoms with Crippen LogP contribution in [0.1, 0.15) is 62.4 Å². The van der Waals surface area contributed by atoms with Gasteiger partial charge in [-0.25, -0.2) is 4.79 Å². The number of nitrogens with zero attached hydrogens (tertiary/aromatic N) is 1. The van der Waals surface area contributed by atoms with Gasteiger partial charge in [-0.3, -0.25) is 14.5 Å². The van der Waals surface area contributed by atoms with Gasteiger partial charge in [0.1, 0.15) is 5.75 Å². The molecule has 2 aromatic carbocycles. The summed E-state index contributed by atoms with van der Waals surface area (Å²) < 4.78 is 5.51. The highest BCUT2D eigenvalue weighted by molar-refractivity contribution is 6.22. The first kappa shape index (κ1) is 20.3. The van der Waals surface area contributed by atoms with Crippen LogP contribution in [-0.4, -0.2) is 17.8 Å². The maximum absolute atomic E-state index is 12.8. The van der Waals surface area contributed by atoms with E-state index in [1.807, 2.05) is 12.1 Å². The number of anilines is 1. The lowest BCUT2D eigenvalue weighted by atomic mass is 9.81. The van der Waals surface area contributed by atoms with Crippen molar-refractivity contribution in [1.82, 2.24) is 0 Å². The topological polar surface area (TPSA) is 63.7 Å². The average Bonchev–Trinajstić information content (AvgIpc) is 2.98. The number of imide groups is 1. The van der Waals surface area contributed by atoms with Crippen LogP contribution in [0.2, 0.25) is 0 Å². The smallest absolute Gasteiger partial charge is 0.343 e. The van der Waals surface area contributed by atoms with Crippen molar-refractivity contribution in [2.45, 2.75) is 51.9 Å². The van der Waals surface area contributed by atoms with Crippen molar-refractivity contribution in [1.29, 1.82) is 0 Å². The molecular formula is C25H27NO4. The van der Waals surface area contributed by atoms with Crippen LogP contribution >= 0.6 is 0 Å². The number of hydrogen-bond acceptors (Lipinski definition) is 4. The van der Waals surface area contributed by atoms with Gasteiger partial charge in [-0.15, -0.1) is 0 Å². The van der Waals surface area contributed by atoms with E-state index in [1.165, 1.54) is 4.90 Å². The molecule has 1 heterocycles. The zero-order valence-electron chi connectivity index (χ0n) is 17.7. The number of ether oxygens (including phenoxy) is 1. The molecule has 1 saturated heterocycles. The Morgan fingerprint density at radius 2 is 1.53 bits per heavy atom. The molecule has 2 fully saturated rings. The van der Waals surface area contributed by atoms with Gasteiger partial charge in [0.2, 0.25) is 11.8 Å². The fourth-order valence-corrected chi connectivity index (χ4v) is 4.38. The van der Waals surface area contributed by atoms with Crippen LogP contribution in [0.25, 0.3) is 0 Å². The Morgan fingerprint density at radius 1 is 0.933 bits per heavy atom. The molecule has 0 radical (unpaired) electrons. The third-order valence-corrected chi connectivity index (χ3v) is 6.11. The van der Waals surface area contributed by atoms with E-state index in [-0.39, 0.29) is 29.1 Å². The van der Waals surface area contributed by atoms with Gasteiger partial charge in [-0.2, -0.15) is 0 Å². The summed E-state index contributed by atoms with van der Waals surface area (Å²) in [4.78, 5) is 39.6. The van der Waals surface area contributed by atoms with E-state index in [1.54, 1.807) is 36.4 Å². The van der Waals surface area contributed by atoms with Crippen LogP contribution in [0.15, 0.2) is 48.5 Å². The van der Waals surface area contributed by atoms with E-state index >= 15 is 0 Å². The number of carbonyl (C=O) groups excluding carboxylic acids is 3.